The van der Waals surface area contributed by atoms with Crippen LogP contribution in [0.15, 0.2) is 41.0 Å². The summed E-state index contributed by atoms with van der Waals surface area (Å²) in [5, 5.41) is 12.2. The number of esters is 1. The van der Waals surface area contributed by atoms with Gasteiger partial charge in [0.1, 0.15) is 17.6 Å². The number of ether oxygens (including phenoxy) is 3. The lowest BCUT2D eigenvalue weighted by Crippen LogP contribution is -2.23. The van der Waals surface area contributed by atoms with Gasteiger partial charge in [0.05, 0.1) is 31.0 Å². The number of carbonyl (C=O) groups is 2. The topological polar surface area (TPSA) is 116 Å². The quantitative estimate of drug-likeness (QED) is 0.467. The van der Waals surface area contributed by atoms with Crippen LogP contribution in [0.5, 0.6) is 11.5 Å². The molecule has 0 aliphatic rings. The lowest BCUT2D eigenvalue weighted by molar-refractivity contribution is -0.119. The van der Waals surface area contributed by atoms with Crippen LogP contribution in [-0.4, -0.2) is 36.8 Å². The number of alkyl halides is 2. The molecule has 1 aromatic carbocycles. The monoisotopic (exact) mass is 473 g/mol. The van der Waals surface area contributed by atoms with Gasteiger partial charge in [0.2, 0.25) is 0 Å². The van der Waals surface area contributed by atoms with E-state index < -0.39 is 25.1 Å². The number of halogens is 2. The van der Waals surface area contributed by atoms with Crippen LogP contribution in [-0.2, 0) is 16.1 Å². The summed E-state index contributed by atoms with van der Waals surface area (Å²) in [7, 11) is 1.23. The molecule has 0 aliphatic heterocycles. The Balaban J connectivity index is 1.71. The highest BCUT2D eigenvalue weighted by Gasteiger charge is 2.21. The van der Waals surface area contributed by atoms with E-state index >= 15 is 0 Å². The number of rotatable bonds is 9. The predicted molar refractivity (Wildman–Crippen MR) is 115 cm³/mol. The molecule has 0 spiro atoms. The molecular formula is C23H21F2N3O6. The fourth-order valence-electron chi connectivity index (χ4n) is 3.26. The van der Waals surface area contributed by atoms with E-state index in [-0.39, 0.29) is 35.0 Å². The van der Waals surface area contributed by atoms with E-state index in [1.54, 1.807) is 23.6 Å². The standard InChI is InChI=1S/C23H21F2N3O6/c1-13-14(2)28(11-16-5-4-8-32-16)21(17(13)10-26)27-20(29)12-33-22(30)15-6-7-18(34-23(24)25)19(9-15)31-3/h4-9,23H,11-12H2,1-3H3,(H,27,29). The van der Waals surface area contributed by atoms with Crippen molar-refractivity contribution >= 4 is 17.7 Å². The van der Waals surface area contributed by atoms with Crippen LogP contribution >= 0.6 is 0 Å². The van der Waals surface area contributed by atoms with E-state index in [1.807, 2.05) is 6.92 Å². The molecule has 0 atom stereocenters. The molecule has 3 aromatic rings. The molecule has 2 heterocycles. The van der Waals surface area contributed by atoms with Gasteiger partial charge in [-0.2, -0.15) is 14.0 Å². The number of hydrogen-bond donors (Lipinski definition) is 1. The first-order chi connectivity index (χ1) is 16.2. The van der Waals surface area contributed by atoms with Crippen molar-refractivity contribution in [3.05, 3.63) is 64.7 Å². The minimum absolute atomic E-state index is 0.0307. The number of benzene rings is 1. The van der Waals surface area contributed by atoms with E-state index in [4.69, 9.17) is 13.9 Å². The van der Waals surface area contributed by atoms with Crippen molar-refractivity contribution in [1.29, 1.82) is 5.26 Å². The van der Waals surface area contributed by atoms with Gasteiger partial charge in [-0.25, -0.2) is 4.79 Å². The van der Waals surface area contributed by atoms with E-state index in [1.165, 1.54) is 19.4 Å². The van der Waals surface area contributed by atoms with Crippen LogP contribution in [0.3, 0.4) is 0 Å². The number of amides is 1. The average molecular weight is 473 g/mol. The number of methoxy groups -OCH3 is 1. The summed E-state index contributed by atoms with van der Waals surface area (Å²) >= 11 is 0. The Bertz CT molecular complexity index is 1230. The van der Waals surface area contributed by atoms with Gasteiger partial charge in [-0.15, -0.1) is 0 Å². The number of aromatic nitrogens is 1. The van der Waals surface area contributed by atoms with Crippen LogP contribution in [0.2, 0.25) is 0 Å². The SMILES string of the molecule is COc1cc(C(=O)OCC(=O)Nc2c(C#N)c(C)c(C)n2Cc2ccco2)ccc1OC(F)F. The van der Waals surface area contributed by atoms with Gasteiger partial charge in [-0.3, -0.25) is 4.79 Å². The van der Waals surface area contributed by atoms with Gasteiger partial charge in [0.15, 0.2) is 18.1 Å². The Morgan fingerprint density at radius 3 is 2.62 bits per heavy atom. The van der Waals surface area contributed by atoms with Crippen molar-refractivity contribution in [2.45, 2.75) is 27.0 Å². The van der Waals surface area contributed by atoms with Crippen LogP contribution in [0, 0.1) is 25.2 Å². The highest BCUT2D eigenvalue weighted by molar-refractivity contribution is 5.96. The molecule has 178 valence electrons. The van der Waals surface area contributed by atoms with Crippen LogP contribution in [0.25, 0.3) is 0 Å². The van der Waals surface area contributed by atoms with Crippen molar-refractivity contribution < 1.29 is 37.0 Å². The average Bonchev–Trinajstić information content (AvgIpc) is 3.40. The molecule has 9 nitrogen and oxygen atoms in total. The second kappa shape index (κ2) is 10.5. The number of anilines is 1. The van der Waals surface area contributed by atoms with Crippen LogP contribution < -0.4 is 14.8 Å². The molecule has 0 unspecified atom stereocenters. The highest BCUT2D eigenvalue weighted by atomic mass is 19.3. The largest absolute Gasteiger partial charge is 0.493 e. The molecule has 11 heteroatoms. The second-order valence-corrected chi connectivity index (χ2v) is 7.08. The smallest absolute Gasteiger partial charge is 0.387 e. The first-order valence-corrected chi connectivity index (χ1v) is 9.97. The van der Waals surface area contributed by atoms with Crippen molar-refractivity contribution in [2.24, 2.45) is 0 Å². The molecule has 2 aromatic heterocycles. The zero-order valence-corrected chi connectivity index (χ0v) is 18.6. The third kappa shape index (κ3) is 5.35. The number of nitrogens with zero attached hydrogens (tertiary/aromatic N) is 2. The van der Waals surface area contributed by atoms with Crippen molar-refractivity contribution in [3.8, 4) is 17.6 Å². The number of nitrogens with one attached hydrogen (secondary N) is 1. The summed E-state index contributed by atoms with van der Waals surface area (Å²) in [6.07, 6.45) is 1.52. The molecule has 1 N–H and O–H groups in total. The minimum atomic E-state index is -3.06. The maximum absolute atomic E-state index is 12.5. The number of furan rings is 1. The molecule has 0 saturated carbocycles. The van der Waals surface area contributed by atoms with Crippen molar-refractivity contribution in [3.63, 3.8) is 0 Å². The summed E-state index contributed by atoms with van der Waals surface area (Å²) in [6, 6.07) is 9.07. The van der Waals surface area contributed by atoms with Crippen molar-refractivity contribution in [2.75, 3.05) is 19.0 Å². The molecule has 34 heavy (non-hydrogen) atoms. The Hall–Kier alpha value is -4.33. The minimum Gasteiger partial charge on any atom is -0.493 e. The van der Waals surface area contributed by atoms with E-state index in [2.05, 4.69) is 16.1 Å². The zero-order valence-electron chi connectivity index (χ0n) is 18.6. The number of hydrogen-bond acceptors (Lipinski definition) is 7. The summed E-state index contributed by atoms with van der Waals surface area (Å²) in [5.74, 6) is -1.02. The first-order valence-electron chi connectivity index (χ1n) is 9.97. The van der Waals surface area contributed by atoms with Crippen LogP contribution in [0.4, 0.5) is 14.6 Å². The molecular weight excluding hydrogens is 452 g/mol. The summed E-state index contributed by atoms with van der Waals surface area (Å²) in [5.41, 5.74) is 1.71. The molecule has 0 fully saturated rings. The molecule has 0 saturated heterocycles. The third-order valence-electron chi connectivity index (χ3n) is 5.04. The van der Waals surface area contributed by atoms with E-state index in [0.717, 1.165) is 17.8 Å². The van der Waals surface area contributed by atoms with Gasteiger partial charge in [-0.05, 0) is 49.7 Å². The summed E-state index contributed by atoms with van der Waals surface area (Å²) < 4.78 is 46.3. The summed E-state index contributed by atoms with van der Waals surface area (Å²) in [6.45, 7) is 0.142. The number of carbonyl (C=O) groups excluding carboxylic acids is 2. The molecule has 0 aliphatic carbocycles. The molecule has 0 bridgehead atoms. The molecule has 3 rings (SSSR count). The normalized spacial score (nSPS) is 10.6. The van der Waals surface area contributed by atoms with E-state index in [0.29, 0.717) is 11.3 Å². The van der Waals surface area contributed by atoms with Gasteiger partial charge in [0, 0.05) is 5.69 Å². The lowest BCUT2D eigenvalue weighted by atomic mass is 10.2. The fourth-order valence-corrected chi connectivity index (χ4v) is 3.26. The third-order valence-corrected chi connectivity index (χ3v) is 5.04. The van der Waals surface area contributed by atoms with Gasteiger partial charge in [-0.1, -0.05) is 0 Å². The first kappa shape index (κ1) is 24.3. The summed E-state index contributed by atoms with van der Waals surface area (Å²) in [4.78, 5) is 24.9. The maximum atomic E-state index is 12.5. The molecule has 0 radical (unpaired) electrons. The Morgan fingerprint density at radius 2 is 2.00 bits per heavy atom. The number of nitriles is 1. The predicted octanol–water partition coefficient (Wildman–Crippen LogP) is 4.02. The second-order valence-electron chi connectivity index (χ2n) is 7.08. The van der Waals surface area contributed by atoms with Gasteiger partial charge < -0.3 is 28.5 Å². The Kier molecular flexibility index (Phi) is 7.53. The fraction of sp³-hybridized carbons (Fsp3) is 0.261. The maximum Gasteiger partial charge on any atom is 0.387 e. The lowest BCUT2D eigenvalue weighted by Gasteiger charge is -2.13. The Labute approximate surface area is 193 Å². The van der Waals surface area contributed by atoms with E-state index in [9.17, 15) is 23.6 Å². The molecule has 1 amide bonds. The Morgan fingerprint density at radius 1 is 1.24 bits per heavy atom. The van der Waals surface area contributed by atoms with Gasteiger partial charge >= 0.3 is 12.6 Å². The van der Waals surface area contributed by atoms with Gasteiger partial charge in [0.25, 0.3) is 5.91 Å². The zero-order chi connectivity index (χ0) is 24.8. The van der Waals surface area contributed by atoms with Crippen LogP contribution in [0.1, 0.15) is 32.9 Å². The highest BCUT2D eigenvalue weighted by Crippen LogP contribution is 2.30. The van der Waals surface area contributed by atoms with Crippen molar-refractivity contribution in [1.82, 2.24) is 4.57 Å².